The van der Waals surface area contributed by atoms with E-state index in [1.54, 1.807) is 6.08 Å². The van der Waals surface area contributed by atoms with Crippen molar-refractivity contribution in [3.63, 3.8) is 0 Å². The van der Waals surface area contributed by atoms with E-state index in [0.717, 1.165) is 5.56 Å². The first-order valence-electron chi connectivity index (χ1n) is 13.2. The topological polar surface area (TPSA) is 125 Å². The number of carboxylic acid groups (broad SMARTS) is 1. The van der Waals surface area contributed by atoms with E-state index in [4.69, 9.17) is 4.43 Å². The van der Waals surface area contributed by atoms with Crippen LogP contribution in [0.2, 0.25) is 18.1 Å². The Balaban J connectivity index is 2.09. The van der Waals surface area contributed by atoms with Gasteiger partial charge in [0, 0.05) is 11.8 Å². The molecule has 216 valence electrons. The highest BCUT2D eigenvalue weighted by Crippen LogP contribution is 2.36. The van der Waals surface area contributed by atoms with Crippen LogP contribution in [0.1, 0.15) is 46.6 Å². The van der Waals surface area contributed by atoms with E-state index in [0.29, 0.717) is 11.6 Å². The predicted octanol–water partition coefficient (Wildman–Crippen LogP) is 3.72. The van der Waals surface area contributed by atoms with Crippen molar-refractivity contribution in [3.05, 3.63) is 42.0 Å². The highest BCUT2D eigenvalue weighted by Gasteiger charge is 2.41. The molecule has 1 saturated heterocycles. The molecule has 0 aromatic heterocycles. The molecule has 0 radical (unpaired) electrons. The molecule has 1 aromatic rings. The number of benzene rings is 1. The Hall–Kier alpha value is -2.63. The number of carboxylic acids is 1. The van der Waals surface area contributed by atoms with E-state index < -0.39 is 44.2 Å². The summed E-state index contributed by atoms with van der Waals surface area (Å²) < 4.78 is 6.18. The number of aliphatic carboxylic acids is 1. The maximum Gasteiger partial charge on any atom is 0.305 e. The normalized spacial score (nSPS) is 17.7. The van der Waals surface area contributed by atoms with Crippen molar-refractivity contribution in [2.24, 2.45) is 5.92 Å². The fourth-order valence-electron chi connectivity index (χ4n) is 3.69. The van der Waals surface area contributed by atoms with Crippen molar-refractivity contribution < 1.29 is 28.7 Å². The maximum atomic E-state index is 13.5. The zero-order valence-corrected chi connectivity index (χ0v) is 25.8. The van der Waals surface area contributed by atoms with Crippen molar-refractivity contribution in [2.75, 3.05) is 18.2 Å². The number of nitrogens with zero attached hydrogens (tertiary/aromatic N) is 1. The quantitative estimate of drug-likeness (QED) is 0.255. The Morgan fingerprint density at radius 3 is 2.36 bits per heavy atom. The predicted molar refractivity (Wildman–Crippen MR) is 158 cm³/mol. The summed E-state index contributed by atoms with van der Waals surface area (Å²) in [7, 11) is -2.16. The van der Waals surface area contributed by atoms with Crippen LogP contribution < -0.4 is 10.6 Å². The van der Waals surface area contributed by atoms with Gasteiger partial charge in [-0.15, -0.1) is 11.8 Å². The average molecular weight is 578 g/mol. The van der Waals surface area contributed by atoms with Gasteiger partial charge in [-0.3, -0.25) is 19.2 Å². The van der Waals surface area contributed by atoms with E-state index in [9.17, 15) is 24.3 Å². The minimum absolute atomic E-state index is 0.0668. The number of thioether (sulfide) groups is 1. The molecule has 3 amide bonds. The van der Waals surface area contributed by atoms with Crippen molar-refractivity contribution >= 4 is 49.8 Å². The average Bonchev–Trinajstić information content (AvgIpc) is 3.34. The van der Waals surface area contributed by atoms with E-state index in [1.807, 2.05) is 44.2 Å². The molecule has 9 nitrogen and oxygen atoms in total. The van der Waals surface area contributed by atoms with Crippen LogP contribution in [0.25, 0.3) is 6.08 Å². The minimum atomic E-state index is -2.16. The van der Waals surface area contributed by atoms with Gasteiger partial charge in [0.1, 0.15) is 12.1 Å². The first-order chi connectivity index (χ1) is 18.1. The fourth-order valence-corrected chi connectivity index (χ4v) is 5.91. The van der Waals surface area contributed by atoms with Crippen LogP contribution in [-0.2, 0) is 23.6 Å². The third kappa shape index (κ3) is 9.81. The lowest BCUT2D eigenvalue weighted by atomic mass is 10.0. The van der Waals surface area contributed by atoms with Crippen LogP contribution in [0.4, 0.5) is 0 Å². The number of nitrogens with one attached hydrogen (secondary N) is 2. The smallest absolute Gasteiger partial charge is 0.305 e. The van der Waals surface area contributed by atoms with Gasteiger partial charge in [0.25, 0.3) is 0 Å². The van der Waals surface area contributed by atoms with Crippen LogP contribution in [0, 0.1) is 5.92 Å². The van der Waals surface area contributed by atoms with Gasteiger partial charge in [-0.1, -0.05) is 65.0 Å². The fraction of sp³-hybridized carbons (Fsp3) is 0.571. The Bertz CT molecular complexity index is 1040. The lowest BCUT2D eigenvalue weighted by Gasteiger charge is -2.37. The molecule has 1 fully saturated rings. The van der Waals surface area contributed by atoms with Gasteiger partial charge in [0.15, 0.2) is 8.32 Å². The highest BCUT2D eigenvalue weighted by atomic mass is 32.2. The van der Waals surface area contributed by atoms with Gasteiger partial charge in [0.05, 0.1) is 24.9 Å². The minimum Gasteiger partial charge on any atom is -0.481 e. The van der Waals surface area contributed by atoms with Crippen LogP contribution >= 0.6 is 11.8 Å². The molecule has 0 unspecified atom stereocenters. The summed E-state index contributed by atoms with van der Waals surface area (Å²) in [4.78, 5) is 52.4. The molecule has 0 bridgehead atoms. The van der Waals surface area contributed by atoms with E-state index >= 15 is 0 Å². The number of rotatable bonds is 12. The van der Waals surface area contributed by atoms with E-state index in [-0.39, 0.29) is 29.9 Å². The molecule has 3 N–H and O–H groups in total. The third-order valence-electron chi connectivity index (χ3n) is 7.14. The van der Waals surface area contributed by atoms with Crippen LogP contribution in [0.3, 0.4) is 0 Å². The highest BCUT2D eigenvalue weighted by molar-refractivity contribution is 7.99. The number of amides is 3. The largest absolute Gasteiger partial charge is 0.481 e. The molecule has 1 aromatic carbocycles. The summed E-state index contributed by atoms with van der Waals surface area (Å²) >= 11 is 1.44. The number of hydrogen-bond donors (Lipinski definition) is 3. The van der Waals surface area contributed by atoms with Gasteiger partial charge in [-0.2, -0.15) is 0 Å². The first-order valence-corrected chi connectivity index (χ1v) is 17.3. The molecule has 2 rings (SSSR count). The van der Waals surface area contributed by atoms with Gasteiger partial charge in [-0.05, 0) is 35.7 Å². The second-order valence-corrected chi connectivity index (χ2v) is 17.5. The summed E-state index contributed by atoms with van der Waals surface area (Å²) in [5.41, 5.74) is 0.862. The lowest BCUT2D eigenvalue weighted by molar-refractivity contribution is -0.142. The van der Waals surface area contributed by atoms with Crippen LogP contribution in [0.15, 0.2) is 36.4 Å². The third-order valence-corrected chi connectivity index (χ3v) is 12.7. The lowest BCUT2D eigenvalue weighted by Crippen LogP contribution is -2.57. The van der Waals surface area contributed by atoms with E-state index in [1.165, 1.54) is 22.7 Å². The molecule has 0 saturated carbocycles. The first kappa shape index (κ1) is 32.6. The van der Waals surface area contributed by atoms with Crippen molar-refractivity contribution in [1.82, 2.24) is 15.5 Å². The van der Waals surface area contributed by atoms with Crippen molar-refractivity contribution in [1.29, 1.82) is 0 Å². The zero-order chi connectivity index (χ0) is 29.4. The second kappa shape index (κ2) is 14.1. The molecule has 11 heteroatoms. The van der Waals surface area contributed by atoms with Gasteiger partial charge in [-0.25, -0.2) is 0 Å². The van der Waals surface area contributed by atoms with Crippen molar-refractivity contribution in [2.45, 2.75) is 77.3 Å². The Labute approximate surface area is 237 Å². The van der Waals surface area contributed by atoms with E-state index in [2.05, 4.69) is 44.5 Å². The summed E-state index contributed by atoms with van der Waals surface area (Å²) in [5.74, 6) is -1.73. The van der Waals surface area contributed by atoms with Crippen LogP contribution in [0.5, 0.6) is 0 Å². The molecule has 3 atom stereocenters. The summed E-state index contributed by atoms with van der Waals surface area (Å²) in [5, 5.41) is 15.0. The summed E-state index contributed by atoms with van der Waals surface area (Å²) in [6, 6.07) is 7.05. The molecule has 0 aliphatic carbocycles. The molecular formula is C28H43N3O6SSi. The Morgan fingerprint density at radius 1 is 1.15 bits per heavy atom. The molecule has 1 aliphatic rings. The molecule has 1 aliphatic heterocycles. The molecule has 39 heavy (non-hydrogen) atoms. The number of hydrogen-bond acceptors (Lipinski definition) is 6. The SMILES string of the molecule is CC(C)[C@H](NC(=O)/C=C/c1ccccc1)C(=O)N1CSC[C@H]1C(=O)N[C@H](CO[Si](C)(C)C(C)(C)C)CC(=O)O. The van der Waals surface area contributed by atoms with Gasteiger partial charge in [0.2, 0.25) is 17.7 Å². The maximum absolute atomic E-state index is 13.5. The second-order valence-electron chi connectivity index (χ2n) is 11.7. The summed E-state index contributed by atoms with van der Waals surface area (Å²) in [6.07, 6.45) is 2.78. The zero-order valence-electron chi connectivity index (χ0n) is 24.0. The Kier molecular flexibility index (Phi) is 11.8. The number of carbonyl (C=O) groups excluding carboxylic acids is 3. The van der Waals surface area contributed by atoms with Gasteiger partial charge < -0.3 is 25.1 Å². The van der Waals surface area contributed by atoms with Crippen LogP contribution in [-0.4, -0.2) is 78.4 Å². The molecule has 1 heterocycles. The molecule has 0 spiro atoms. The molecular weight excluding hydrogens is 534 g/mol. The van der Waals surface area contributed by atoms with Crippen molar-refractivity contribution in [3.8, 4) is 0 Å². The summed E-state index contributed by atoms with van der Waals surface area (Å²) in [6.45, 7) is 14.2. The number of carbonyl (C=O) groups is 4. The monoisotopic (exact) mass is 577 g/mol. The Morgan fingerprint density at radius 2 is 1.79 bits per heavy atom. The van der Waals surface area contributed by atoms with Gasteiger partial charge >= 0.3 is 5.97 Å². The standard InChI is InChI=1S/C28H43N3O6SSi/c1-19(2)25(30-23(32)14-13-20-11-9-8-10-12-20)27(36)31-18-38-17-22(31)26(35)29-21(15-24(33)34)16-37-39(6,7)28(3,4)5/h8-14,19,21-22,25H,15-18H2,1-7H3,(H,29,35)(H,30,32)(H,33,34)/b14-13+/t21-,22-,25-/m0/s1.